The van der Waals surface area contributed by atoms with Crippen molar-refractivity contribution in [2.45, 2.75) is 17.4 Å². The summed E-state index contributed by atoms with van der Waals surface area (Å²) in [6.07, 6.45) is 0.720. The lowest BCUT2D eigenvalue weighted by atomic mass is 10.1. The van der Waals surface area contributed by atoms with Crippen molar-refractivity contribution in [3.05, 3.63) is 54.6 Å². The molecule has 3 rings (SSSR count). The first-order chi connectivity index (χ1) is 10.1. The Kier molecular flexibility index (Phi) is 3.80. The largest absolute Gasteiger partial charge is 0.326 e. The number of nitrogens with two attached hydrogens (primary N) is 1. The first kappa shape index (κ1) is 14.3. The molecule has 1 aliphatic heterocycles. The lowest BCUT2D eigenvalue weighted by Gasteiger charge is -2.16. The molecule has 4 nitrogen and oxygen atoms in total. The van der Waals surface area contributed by atoms with E-state index in [1.54, 1.807) is 18.2 Å². The highest BCUT2D eigenvalue weighted by molar-refractivity contribution is 7.89. The zero-order chi connectivity index (χ0) is 14.9. The zero-order valence-corrected chi connectivity index (χ0v) is 12.5. The van der Waals surface area contributed by atoms with E-state index >= 15 is 0 Å². The third-order valence-corrected chi connectivity index (χ3v) is 5.63. The van der Waals surface area contributed by atoms with Gasteiger partial charge in [0.1, 0.15) is 0 Å². The van der Waals surface area contributed by atoms with E-state index in [1.165, 1.54) is 4.31 Å². The summed E-state index contributed by atoms with van der Waals surface area (Å²) >= 11 is 0. The van der Waals surface area contributed by atoms with Gasteiger partial charge in [-0.25, -0.2) is 8.42 Å². The summed E-state index contributed by atoms with van der Waals surface area (Å²) in [6, 6.07) is 16.8. The van der Waals surface area contributed by atoms with Crippen LogP contribution in [0.4, 0.5) is 0 Å². The lowest BCUT2D eigenvalue weighted by molar-refractivity contribution is 0.472. The highest BCUT2D eigenvalue weighted by Crippen LogP contribution is 2.25. The summed E-state index contributed by atoms with van der Waals surface area (Å²) < 4.78 is 26.7. The van der Waals surface area contributed by atoms with Gasteiger partial charge in [0.25, 0.3) is 0 Å². The molecule has 1 heterocycles. The molecule has 2 aromatic rings. The van der Waals surface area contributed by atoms with Gasteiger partial charge < -0.3 is 5.73 Å². The summed E-state index contributed by atoms with van der Waals surface area (Å²) in [4.78, 5) is 0.331. The molecule has 0 unspecified atom stereocenters. The molecule has 0 aliphatic carbocycles. The Morgan fingerprint density at radius 3 is 2.38 bits per heavy atom. The van der Waals surface area contributed by atoms with Crippen molar-refractivity contribution in [2.75, 3.05) is 13.1 Å². The van der Waals surface area contributed by atoms with Crippen LogP contribution in [0, 0.1) is 0 Å². The smallest absolute Gasteiger partial charge is 0.243 e. The van der Waals surface area contributed by atoms with Gasteiger partial charge in [-0.1, -0.05) is 42.5 Å². The number of nitrogens with zero attached hydrogens (tertiary/aromatic N) is 1. The number of hydrogen-bond donors (Lipinski definition) is 1. The van der Waals surface area contributed by atoms with E-state index in [0.29, 0.717) is 18.0 Å². The van der Waals surface area contributed by atoms with Gasteiger partial charge in [-0.3, -0.25) is 0 Å². The van der Waals surface area contributed by atoms with Crippen LogP contribution in [0.1, 0.15) is 6.42 Å². The summed E-state index contributed by atoms with van der Waals surface area (Å²) in [7, 11) is -3.45. The first-order valence-corrected chi connectivity index (χ1v) is 8.42. The van der Waals surface area contributed by atoms with Crippen LogP contribution in [0.15, 0.2) is 59.5 Å². The highest BCUT2D eigenvalue weighted by Gasteiger charge is 2.30. The second-order valence-corrected chi connectivity index (χ2v) is 7.24. The van der Waals surface area contributed by atoms with Gasteiger partial charge in [0.15, 0.2) is 0 Å². The molecule has 0 spiro atoms. The molecule has 0 saturated carbocycles. The van der Waals surface area contributed by atoms with Gasteiger partial charge in [0.2, 0.25) is 10.0 Å². The molecule has 0 amide bonds. The van der Waals surface area contributed by atoms with Gasteiger partial charge >= 0.3 is 0 Å². The van der Waals surface area contributed by atoms with Crippen molar-refractivity contribution in [2.24, 2.45) is 5.73 Å². The third-order valence-electron chi connectivity index (χ3n) is 3.77. The fourth-order valence-electron chi connectivity index (χ4n) is 2.59. The van der Waals surface area contributed by atoms with Crippen molar-refractivity contribution in [1.29, 1.82) is 0 Å². The first-order valence-electron chi connectivity index (χ1n) is 6.98. The molecule has 1 aliphatic rings. The number of rotatable bonds is 3. The second-order valence-electron chi connectivity index (χ2n) is 5.31. The van der Waals surface area contributed by atoms with Gasteiger partial charge in [-0.15, -0.1) is 0 Å². The molecule has 2 aromatic carbocycles. The van der Waals surface area contributed by atoms with Crippen LogP contribution in [0.5, 0.6) is 0 Å². The summed E-state index contributed by atoms with van der Waals surface area (Å²) in [5.74, 6) is 0. The normalized spacial score (nSPS) is 19.8. The molecule has 1 fully saturated rings. The fourth-order valence-corrected chi connectivity index (χ4v) is 4.15. The van der Waals surface area contributed by atoms with E-state index in [-0.39, 0.29) is 6.04 Å². The number of benzene rings is 2. The van der Waals surface area contributed by atoms with Crippen LogP contribution in [0.2, 0.25) is 0 Å². The molecular weight excluding hydrogens is 284 g/mol. The Labute approximate surface area is 125 Å². The van der Waals surface area contributed by atoms with E-state index < -0.39 is 10.0 Å². The maximum atomic E-state index is 12.6. The lowest BCUT2D eigenvalue weighted by Crippen LogP contribution is -2.31. The van der Waals surface area contributed by atoms with E-state index in [4.69, 9.17) is 5.73 Å². The maximum Gasteiger partial charge on any atom is 0.243 e. The van der Waals surface area contributed by atoms with Crippen molar-refractivity contribution >= 4 is 10.0 Å². The average Bonchev–Trinajstić information content (AvgIpc) is 2.96. The van der Waals surface area contributed by atoms with Gasteiger partial charge in [-0.05, 0) is 29.7 Å². The Hall–Kier alpha value is -1.69. The Balaban J connectivity index is 1.96. The molecule has 0 radical (unpaired) electrons. The standard InChI is InChI=1S/C16H18N2O2S/c17-15-9-10-18(12-15)21(19,20)16-8-4-7-14(11-16)13-5-2-1-3-6-13/h1-8,11,15H,9-10,12,17H2/t15-/m1/s1. The van der Waals surface area contributed by atoms with Gasteiger partial charge in [0, 0.05) is 19.1 Å². The quantitative estimate of drug-likeness (QED) is 0.944. The van der Waals surface area contributed by atoms with E-state index in [1.807, 2.05) is 36.4 Å². The van der Waals surface area contributed by atoms with Crippen LogP contribution in [0.3, 0.4) is 0 Å². The van der Waals surface area contributed by atoms with Crippen LogP contribution in [-0.4, -0.2) is 31.9 Å². The molecule has 110 valence electrons. The monoisotopic (exact) mass is 302 g/mol. The molecule has 5 heteroatoms. The minimum absolute atomic E-state index is 0.0583. The van der Waals surface area contributed by atoms with Crippen molar-refractivity contribution < 1.29 is 8.42 Å². The topological polar surface area (TPSA) is 63.4 Å². The van der Waals surface area contributed by atoms with Crippen LogP contribution >= 0.6 is 0 Å². The number of hydrogen-bond acceptors (Lipinski definition) is 3. The molecular formula is C16H18N2O2S. The SMILES string of the molecule is N[C@@H]1CCN(S(=O)(=O)c2cccc(-c3ccccc3)c2)C1. The molecule has 0 aromatic heterocycles. The number of sulfonamides is 1. The Morgan fingerprint density at radius 2 is 1.71 bits per heavy atom. The summed E-state index contributed by atoms with van der Waals surface area (Å²) in [5, 5.41) is 0. The summed E-state index contributed by atoms with van der Waals surface area (Å²) in [5.41, 5.74) is 7.72. The van der Waals surface area contributed by atoms with Crippen LogP contribution < -0.4 is 5.73 Å². The van der Waals surface area contributed by atoms with Crippen LogP contribution in [-0.2, 0) is 10.0 Å². The van der Waals surface area contributed by atoms with Crippen molar-refractivity contribution in [3.63, 3.8) is 0 Å². The minimum Gasteiger partial charge on any atom is -0.326 e. The van der Waals surface area contributed by atoms with Crippen molar-refractivity contribution in [1.82, 2.24) is 4.31 Å². The van der Waals surface area contributed by atoms with Crippen molar-refractivity contribution in [3.8, 4) is 11.1 Å². The highest BCUT2D eigenvalue weighted by atomic mass is 32.2. The predicted octanol–water partition coefficient (Wildman–Crippen LogP) is 2.08. The van der Waals surface area contributed by atoms with Crippen LogP contribution in [0.25, 0.3) is 11.1 Å². The molecule has 0 bridgehead atoms. The zero-order valence-electron chi connectivity index (χ0n) is 11.6. The molecule has 21 heavy (non-hydrogen) atoms. The Bertz CT molecular complexity index is 729. The van der Waals surface area contributed by atoms with Gasteiger partial charge in [0.05, 0.1) is 4.90 Å². The minimum atomic E-state index is -3.45. The predicted molar refractivity (Wildman–Crippen MR) is 83.2 cm³/mol. The fraction of sp³-hybridized carbons (Fsp3) is 0.250. The molecule has 2 N–H and O–H groups in total. The Morgan fingerprint density at radius 1 is 1.00 bits per heavy atom. The van der Waals surface area contributed by atoms with E-state index in [0.717, 1.165) is 17.5 Å². The van der Waals surface area contributed by atoms with E-state index in [2.05, 4.69) is 0 Å². The van der Waals surface area contributed by atoms with Gasteiger partial charge in [-0.2, -0.15) is 4.31 Å². The third kappa shape index (κ3) is 2.85. The summed E-state index contributed by atoms with van der Waals surface area (Å²) in [6.45, 7) is 0.900. The second kappa shape index (κ2) is 5.60. The maximum absolute atomic E-state index is 12.6. The molecule has 1 saturated heterocycles. The average molecular weight is 302 g/mol. The molecule has 1 atom stereocenters. The van der Waals surface area contributed by atoms with E-state index in [9.17, 15) is 8.42 Å².